The Bertz CT molecular complexity index is 598. The second kappa shape index (κ2) is 4.68. The number of benzene rings is 1. The van der Waals surface area contributed by atoms with Crippen molar-refractivity contribution in [3.05, 3.63) is 34.8 Å². The molecule has 1 aromatic carbocycles. The minimum absolute atomic E-state index is 0.174. The molecule has 0 bridgehead atoms. The van der Waals surface area contributed by atoms with E-state index in [1.54, 1.807) is 12.1 Å². The molecule has 1 aromatic rings. The molecule has 0 spiro atoms. The predicted molar refractivity (Wildman–Crippen MR) is 76.4 cm³/mol. The summed E-state index contributed by atoms with van der Waals surface area (Å²) in [5.41, 5.74) is 2.07. The van der Waals surface area contributed by atoms with Gasteiger partial charge in [-0.2, -0.15) is 0 Å². The van der Waals surface area contributed by atoms with E-state index in [2.05, 4.69) is 34.3 Å². The summed E-state index contributed by atoms with van der Waals surface area (Å²) in [7, 11) is -3.63. The number of sulfonamides is 1. The van der Waals surface area contributed by atoms with Crippen LogP contribution in [-0.2, 0) is 16.4 Å². The van der Waals surface area contributed by atoms with Crippen molar-refractivity contribution < 1.29 is 8.42 Å². The molecule has 98 valence electrons. The van der Waals surface area contributed by atoms with Gasteiger partial charge in [0.1, 0.15) is 0 Å². The summed E-state index contributed by atoms with van der Waals surface area (Å²) in [6.45, 7) is 6.66. The van der Waals surface area contributed by atoms with E-state index in [9.17, 15) is 8.42 Å². The van der Waals surface area contributed by atoms with E-state index in [0.717, 1.165) is 22.2 Å². The highest BCUT2D eigenvalue weighted by Gasteiger charge is 2.27. The van der Waals surface area contributed by atoms with Crippen LogP contribution in [0.15, 0.2) is 34.2 Å². The van der Waals surface area contributed by atoms with Gasteiger partial charge >= 0.3 is 0 Å². The zero-order valence-electron chi connectivity index (χ0n) is 10.1. The van der Waals surface area contributed by atoms with Crippen molar-refractivity contribution in [3.63, 3.8) is 0 Å². The van der Waals surface area contributed by atoms with Crippen LogP contribution in [0.2, 0.25) is 0 Å². The van der Waals surface area contributed by atoms with E-state index in [1.807, 2.05) is 6.07 Å². The smallest absolute Gasteiger partial charge is 0.238 e. The lowest BCUT2D eigenvalue weighted by Crippen LogP contribution is -2.30. The minimum atomic E-state index is -3.63. The van der Waals surface area contributed by atoms with Crippen molar-refractivity contribution in [2.24, 2.45) is 5.14 Å². The molecule has 2 rings (SSSR count). The molecule has 0 aromatic heterocycles. The van der Waals surface area contributed by atoms with Crippen molar-refractivity contribution in [2.45, 2.75) is 24.3 Å². The Morgan fingerprint density at radius 1 is 1.61 bits per heavy atom. The van der Waals surface area contributed by atoms with Gasteiger partial charge in [-0.15, -0.1) is 0 Å². The molecule has 1 aliphatic rings. The average molecular weight is 331 g/mol. The van der Waals surface area contributed by atoms with Crippen molar-refractivity contribution in [1.82, 2.24) is 0 Å². The Morgan fingerprint density at radius 3 is 2.83 bits per heavy atom. The van der Waals surface area contributed by atoms with E-state index in [1.165, 1.54) is 0 Å². The minimum Gasteiger partial charge on any atom is -0.363 e. The molecular formula is C12H15BrN2O2S. The SMILES string of the molecule is C=C(Br)CN1c2ccc(S(N)(=O)=O)cc2CC1C. The summed E-state index contributed by atoms with van der Waals surface area (Å²) < 4.78 is 23.5. The predicted octanol–water partition coefficient (Wildman–Crippen LogP) is 1.99. The Kier molecular flexibility index (Phi) is 3.53. The van der Waals surface area contributed by atoms with Gasteiger partial charge in [0.05, 0.1) is 4.90 Å². The summed E-state index contributed by atoms with van der Waals surface area (Å²) in [5.74, 6) is 0. The third kappa shape index (κ3) is 2.60. The molecule has 6 heteroatoms. The summed E-state index contributed by atoms with van der Waals surface area (Å²) in [4.78, 5) is 2.37. The van der Waals surface area contributed by atoms with Crippen LogP contribution >= 0.6 is 15.9 Å². The number of halogens is 1. The Hall–Kier alpha value is -0.850. The first kappa shape index (κ1) is 13.6. The van der Waals surface area contributed by atoms with Gasteiger partial charge in [0.25, 0.3) is 0 Å². The van der Waals surface area contributed by atoms with E-state index in [-0.39, 0.29) is 4.90 Å². The Labute approximate surface area is 116 Å². The second-order valence-electron chi connectivity index (χ2n) is 4.53. The average Bonchev–Trinajstić information content (AvgIpc) is 2.53. The molecule has 4 nitrogen and oxygen atoms in total. The van der Waals surface area contributed by atoms with Gasteiger partial charge in [-0.1, -0.05) is 22.5 Å². The van der Waals surface area contributed by atoms with Crippen LogP contribution in [0.1, 0.15) is 12.5 Å². The quantitative estimate of drug-likeness (QED) is 0.921. The molecule has 0 saturated heterocycles. The second-order valence-corrected chi connectivity index (χ2v) is 7.22. The van der Waals surface area contributed by atoms with Crippen LogP contribution in [0, 0.1) is 0 Å². The first-order valence-electron chi connectivity index (χ1n) is 5.54. The number of fused-ring (bicyclic) bond motifs is 1. The number of anilines is 1. The molecule has 1 atom stereocenters. The summed E-state index contributed by atoms with van der Waals surface area (Å²) in [6, 6.07) is 5.35. The monoisotopic (exact) mass is 330 g/mol. The molecule has 0 aliphatic carbocycles. The van der Waals surface area contributed by atoms with Crippen molar-refractivity contribution in [2.75, 3.05) is 11.4 Å². The Balaban J connectivity index is 2.41. The molecule has 18 heavy (non-hydrogen) atoms. The lowest BCUT2D eigenvalue weighted by Gasteiger charge is -2.24. The zero-order chi connectivity index (χ0) is 13.5. The van der Waals surface area contributed by atoms with E-state index in [4.69, 9.17) is 5.14 Å². The maximum absolute atomic E-state index is 11.3. The van der Waals surface area contributed by atoms with Gasteiger partial charge in [-0.05, 0) is 37.1 Å². The third-order valence-electron chi connectivity index (χ3n) is 3.08. The highest BCUT2D eigenvalue weighted by Crippen LogP contribution is 2.34. The fraction of sp³-hybridized carbons (Fsp3) is 0.333. The van der Waals surface area contributed by atoms with Crippen LogP contribution in [-0.4, -0.2) is 21.0 Å². The van der Waals surface area contributed by atoms with Gasteiger partial charge in [0, 0.05) is 22.8 Å². The normalized spacial score (nSPS) is 18.8. The topological polar surface area (TPSA) is 63.4 Å². The molecular weight excluding hydrogens is 316 g/mol. The molecule has 0 saturated carbocycles. The van der Waals surface area contributed by atoms with Crippen molar-refractivity contribution >= 4 is 31.6 Å². The van der Waals surface area contributed by atoms with Crippen LogP contribution in [0.3, 0.4) is 0 Å². The van der Waals surface area contributed by atoms with Crippen molar-refractivity contribution in [3.8, 4) is 0 Å². The molecule has 1 heterocycles. The van der Waals surface area contributed by atoms with Gasteiger partial charge in [-0.25, -0.2) is 13.6 Å². The standard InChI is InChI=1S/C12H15BrN2O2S/c1-8(13)7-15-9(2)5-10-6-11(18(14,16)17)3-4-12(10)15/h3-4,6,9H,1,5,7H2,2H3,(H2,14,16,17). The van der Waals surface area contributed by atoms with Crippen LogP contribution in [0.25, 0.3) is 0 Å². The van der Waals surface area contributed by atoms with Crippen molar-refractivity contribution in [1.29, 1.82) is 0 Å². The van der Waals surface area contributed by atoms with Gasteiger partial charge < -0.3 is 4.90 Å². The maximum Gasteiger partial charge on any atom is 0.238 e. The lowest BCUT2D eigenvalue weighted by atomic mass is 10.1. The molecule has 0 fully saturated rings. The summed E-state index contributed by atoms with van der Waals surface area (Å²) in [6.07, 6.45) is 0.818. The van der Waals surface area contributed by atoms with E-state index >= 15 is 0 Å². The fourth-order valence-corrected chi connectivity index (χ4v) is 3.11. The molecule has 0 amide bonds. The number of primary sulfonamides is 1. The number of rotatable bonds is 3. The summed E-state index contributed by atoms with van der Waals surface area (Å²) in [5, 5.41) is 5.14. The molecule has 1 unspecified atom stereocenters. The fourth-order valence-electron chi connectivity index (χ4n) is 2.27. The largest absolute Gasteiger partial charge is 0.363 e. The van der Waals surface area contributed by atoms with Crippen LogP contribution in [0.5, 0.6) is 0 Å². The van der Waals surface area contributed by atoms with E-state index in [0.29, 0.717) is 12.6 Å². The first-order valence-corrected chi connectivity index (χ1v) is 7.88. The number of hydrogen-bond acceptors (Lipinski definition) is 3. The number of nitrogens with zero attached hydrogens (tertiary/aromatic N) is 1. The lowest BCUT2D eigenvalue weighted by molar-refractivity contribution is 0.597. The zero-order valence-corrected chi connectivity index (χ0v) is 12.5. The maximum atomic E-state index is 11.3. The van der Waals surface area contributed by atoms with Crippen LogP contribution < -0.4 is 10.0 Å². The van der Waals surface area contributed by atoms with Crippen LogP contribution in [0.4, 0.5) is 5.69 Å². The van der Waals surface area contributed by atoms with Gasteiger partial charge in [-0.3, -0.25) is 0 Å². The highest BCUT2D eigenvalue weighted by molar-refractivity contribution is 9.11. The molecule has 0 radical (unpaired) electrons. The van der Waals surface area contributed by atoms with Gasteiger partial charge in [0.15, 0.2) is 0 Å². The number of nitrogens with two attached hydrogens (primary N) is 1. The van der Waals surface area contributed by atoms with Gasteiger partial charge in [0.2, 0.25) is 10.0 Å². The first-order chi connectivity index (χ1) is 8.29. The third-order valence-corrected chi connectivity index (χ3v) is 4.24. The summed E-state index contributed by atoms with van der Waals surface area (Å²) >= 11 is 3.36. The Morgan fingerprint density at radius 2 is 2.28 bits per heavy atom. The molecule has 1 aliphatic heterocycles. The van der Waals surface area contributed by atoms with E-state index < -0.39 is 10.0 Å². The molecule has 2 N–H and O–H groups in total. The highest BCUT2D eigenvalue weighted by atomic mass is 79.9. The number of hydrogen-bond donors (Lipinski definition) is 1.